The van der Waals surface area contributed by atoms with Gasteiger partial charge in [0.25, 0.3) is 0 Å². The van der Waals surface area contributed by atoms with Gasteiger partial charge in [-0.25, -0.2) is 4.98 Å². The number of benzene rings is 7. The Balaban J connectivity index is 1.45. The average Bonchev–Trinajstić information content (AvgIpc) is 4.25. The van der Waals surface area contributed by atoms with E-state index in [0.29, 0.717) is 0 Å². The van der Waals surface area contributed by atoms with Crippen molar-refractivity contribution in [1.29, 1.82) is 0 Å². The molecule has 0 N–H and O–H groups in total. The number of fused-ring (bicyclic) bond motifs is 10. The number of aromatic nitrogens is 5. The third-order valence-electron chi connectivity index (χ3n) is 8.16. The van der Waals surface area contributed by atoms with Crippen molar-refractivity contribution >= 4 is 65.6 Å². The van der Waals surface area contributed by atoms with Crippen LogP contribution in [0, 0.1) is 0 Å². The lowest BCUT2D eigenvalue weighted by Crippen LogP contribution is -2.06. The van der Waals surface area contributed by atoms with Gasteiger partial charge in [0.15, 0.2) is 11.6 Å². The Morgan fingerprint density at radius 2 is 1.10 bits per heavy atom. The molecular weight excluding hydrogens is 627 g/mol. The minimum Gasteiger partial charge on any atom is -0.455 e. The van der Waals surface area contributed by atoms with Crippen LogP contribution in [0.25, 0.3) is 100.0 Å². The van der Waals surface area contributed by atoms with E-state index in [1.54, 1.807) is 0 Å². The summed E-state index contributed by atoms with van der Waals surface area (Å²) in [7, 11) is 0. The Bertz CT molecular complexity index is 4660. The second-order valence-electron chi connectivity index (χ2n) is 10.8. The number of furan rings is 1. The van der Waals surface area contributed by atoms with E-state index in [0.717, 1.165) is 9.13 Å². The fourth-order valence-corrected chi connectivity index (χ4v) is 6.14. The Morgan fingerprint density at radius 1 is 0.451 bits per heavy atom. The number of hydrogen-bond donors (Lipinski definition) is 0. The van der Waals surface area contributed by atoms with Crippen molar-refractivity contribution in [3.8, 4) is 34.4 Å². The summed E-state index contributed by atoms with van der Waals surface area (Å²) >= 11 is 0. The Hall–Kier alpha value is -7.05. The largest absolute Gasteiger partial charge is 0.455 e. The standard InChI is InChI=1S/C45H27N5O/c1-3-14-28(15-4-1)43-46-44(35-22-13-21-33-31-19-9-12-25-39(31)51-42(33)35)48-45(47-43)50-37-24-11-8-20-34(37)40-38(50)27-26-32-30-18-7-10-23-36(30)49(41(32)40)29-16-5-2-6-17-29/h1-27H/i1D,2D,3D,4D,5D,6D,7D,8D,9D,10D,11D,12D,13D,14D,15D,16D,17D,18D,19D,20D,21D,22D,23D,24D,25D,26D,27D. The summed E-state index contributed by atoms with van der Waals surface area (Å²) in [6.07, 6.45) is 0. The van der Waals surface area contributed by atoms with Crippen LogP contribution in [-0.4, -0.2) is 24.1 Å². The Labute approximate surface area is 329 Å². The summed E-state index contributed by atoms with van der Waals surface area (Å²) in [4.78, 5) is 13.5. The highest BCUT2D eigenvalue weighted by Gasteiger charge is 2.23. The molecule has 0 aliphatic heterocycles. The van der Waals surface area contributed by atoms with Crippen LogP contribution in [0.15, 0.2) is 168 Å². The molecule has 11 aromatic rings. The van der Waals surface area contributed by atoms with Crippen molar-refractivity contribution in [2.24, 2.45) is 0 Å². The van der Waals surface area contributed by atoms with Crippen molar-refractivity contribution in [1.82, 2.24) is 24.1 Å². The van der Waals surface area contributed by atoms with Crippen molar-refractivity contribution < 1.29 is 41.4 Å². The molecule has 0 bridgehead atoms. The molecule has 0 aliphatic rings. The summed E-state index contributed by atoms with van der Waals surface area (Å²) in [6, 6.07) is -23.7. The maximum atomic E-state index is 9.80. The van der Waals surface area contributed by atoms with Gasteiger partial charge in [-0.05, 0) is 42.3 Å². The predicted octanol–water partition coefficient (Wildman–Crippen LogP) is 11.3. The van der Waals surface area contributed by atoms with Crippen molar-refractivity contribution in [2.45, 2.75) is 0 Å². The minimum absolute atomic E-state index is 0.406. The smallest absolute Gasteiger partial charge is 0.238 e. The fourth-order valence-electron chi connectivity index (χ4n) is 6.14. The normalized spacial score (nSPS) is 19.3. The summed E-state index contributed by atoms with van der Waals surface area (Å²) < 4.78 is 248. The van der Waals surface area contributed by atoms with Gasteiger partial charge in [0.1, 0.15) is 11.2 Å². The Morgan fingerprint density at radius 3 is 1.92 bits per heavy atom. The number of para-hydroxylation sites is 5. The summed E-state index contributed by atoms with van der Waals surface area (Å²) in [5, 5.41) is -3.01. The first-order chi connectivity index (χ1) is 36.5. The molecule has 4 aromatic heterocycles. The maximum absolute atomic E-state index is 9.80. The molecule has 0 fully saturated rings. The second kappa shape index (κ2) is 10.7. The van der Waals surface area contributed by atoms with Crippen molar-refractivity contribution in [3.63, 3.8) is 0 Å². The lowest BCUT2D eigenvalue weighted by Gasteiger charge is -2.11. The molecule has 4 heterocycles. The molecule has 7 aromatic carbocycles. The highest BCUT2D eigenvalue weighted by Crippen LogP contribution is 2.42. The second-order valence-corrected chi connectivity index (χ2v) is 10.8. The molecule has 6 heteroatoms. The summed E-state index contributed by atoms with van der Waals surface area (Å²) in [5.74, 6) is -2.58. The van der Waals surface area contributed by atoms with Gasteiger partial charge in [-0.15, -0.1) is 0 Å². The van der Waals surface area contributed by atoms with Gasteiger partial charge in [-0.1, -0.05) is 121 Å². The first-order valence-corrected chi connectivity index (χ1v) is 14.8. The van der Waals surface area contributed by atoms with Crippen molar-refractivity contribution in [2.75, 3.05) is 0 Å². The molecule has 0 radical (unpaired) electrons. The van der Waals surface area contributed by atoms with Crippen LogP contribution in [0.5, 0.6) is 0 Å². The van der Waals surface area contributed by atoms with E-state index in [-0.39, 0.29) is 0 Å². The Kier molecular flexibility index (Phi) is 2.60. The zero-order valence-corrected chi connectivity index (χ0v) is 25.1. The molecule has 0 saturated carbocycles. The first kappa shape index (κ1) is 12.4. The molecule has 238 valence electrons. The highest BCUT2D eigenvalue weighted by molar-refractivity contribution is 6.26. The zero-order valence-electron chi connectivity index (χ0n) is 52.1. The van der Waals surface area contributed by atoms with Gasteiger partial charge < -0.3 is 8.98 Å². The zero-order chi connectivity index (χ0) is 57.0. The third-order valence-corrected chi connectivity index (χ3v) is 8.16. The quantitative estimate of drug-likeness (QED) is 0.186. The van der Waals surface area contributed by atoms with Crippen LogP contribution >= 0.6 is 0 Å². The number of nitrogens with zero attached hydrogens (tertiary/aromatic N) is 5. The highest BCUT2D eigenvalue weighted by atomic mass is 16.3. The number of rotatable bonds is 4. The van der Waals surface area contributed by atoms with Gasteiger partial charge in [-0.3, -0.25) is 4.57 Å². The first-order valence-electron chi connectivity index (χ1n) is 28.3. The lowest BCUT2D eigenvalue weighted by molar-refractivity contribution is 0.669. The van der Waals surface area contributed by atoms with Gasteiger partial charge in [0, 0.05) is 43.6 Å². The molecule has 6 nitrogen and oxygen atoms in total. The SMILES string of the molecule is [2H]c1c([2H])c([2H])c(-c2nc(-c3c([2H])c([2H])c([2H])c4c3oc3c([2H])c([2H])c([2H])c([2H])c34)nc(-n3c4c([2H])c([2H])c([2H])c([2H])c4c4c3c([2H])c([2H])c3c5c([2H])c([2H])c([2H])c([2H])c5n(-c5c([2H])c([2H])c([2H])c([2H])c5[2H])c34)n2)c([2H])c1[2H]. The van der Waals surface area contributed by atoms with Crippen LogP contribution in [-0.2, 0) is 0 Å². The van der Waals surface area contributed by atoms with Crippen LogP contribution < -0.4 is 0 Å². The molecular formula is C45H27N5O. The van der Waals surface area contributed by atoms with E-state index in [4.69, 9.17) is 33.2 Å². The van der Waals surface area contributed by atoms with E-state index in [9.17, 15) is 8.22 Å². The predicted molar refractivity (Wildman–Crippen MR) is 207 cm³/mol. The molecule has 0 unspecified atom stereocenters. The van der Waals surface area contributed by atoms with E-state index in [1.807, 2.05) is 0 Å². The fraction of sp³-hybridized carbons (Fsp3) is 0. The molecule has 0 atom stereocenters. The minimum atomic E-state index is -0.946. The molecule has 0 spiro atoms. The van der Waals surface area contributed by atoms with Crippen LogP contribution in [0.4, 0.5) is 0 Å². The monoisotopic (exact) mass is 680 g/mol. The third kappa shape index (κ3) is 4.07. The van der Waals surface area contributed by atoms with Gasteiger partial charge in [0.2, 0.25) is 5.95 Å². The number of hydrogen-bond acceptors (Lipinski definition) is 4. The average molecular weight is 681 g/mol. The molecule has 0 aliphatic carbocycles. The topological polar surface area (TPSA) is 61.7 Å². The van der Waals surface area contributed by atoms with Gasteiger partial charge in [-0.2, -0.15) is 9.97 Å². The lowest BCUT2D eigenvalue weighted by atomic mass is 10.1. The van der Waals surface area contributed by atoms with Crippen LogP contribution in [0.3, 0.4) is 0 Å². The molecule has 11 rings (SSSR count). The van der Waals surface area contributed by atoms with Crippen LogP contribution in [0.2, 0.25) is 0 Å². The maximum Gasteiger partial charge on any atom is 0.238 e. The van der Waals surface area contributed by atoms with E-state index < -0.39 is 263 Å². The van der Waals surface area contributed by atoms with E-state index >= 15 is 0 Å². The molecule has 0 saturated heterocycles. The van der Waals surface area contributed by atoms with E-state index in [2.05, 4.69) is 15.0 Å². The van der Waals surface area contributed by atoms with Gasteiger partial charge in [0.05, 0.1) is 64.6 Å². The van der Waals surface area contributed by atoms with Gasteiger partial charge >= 0.3 is 0 Å². The van der Waals surface area contributed by atoms with E-state index in [1.165, 1.54) is 0 Å². The molecule has 51 heavy (non-hydrogen) atoms. The van der Waals surface area contributed by atoms with Crippen LogP contribution in [0.1, 0.15) is 37.0 Å². The summed E-state index contributed by atoms with van der Waals surface area (Å²) in [5.41, 5.74) is -5.82. The summed E-state index contributed by atoms with van der Waals surface area (Å²) in [6.45, 7) is 0. The molecule has 0 amide bonds. The van der Waals surface area contributed by atoms with Crippen molar-refractivity contribution in [3.05, 3.63) is 163 Å².